The zero-order valence-electron chi connectivity index (χ0n) is 11.9. The maximum atomic E-state index is 12.5. The summed E-state index contributed by atoms with van der Waals surface area (Å²) in [5.41, 5.74) is 6.12. The lowest BCUT2D eigenvalue weighted by molar-refractivity contribution is 0.393. The van der Waals surface area contributed by atoms with Crippen LogP contribution in [0.4, 0.5) is 0 Å². The van der Waals surface area contributed by atoms with Crippen LogP contribution in [0, 0.1) is 5.92 Å². The fraction of sp³-hybridized carbons (Fsp3) is 0.538. The average Bonchev–Trinajstić information content (AvgIpc) is 2.38. The molecule has 7 heteroatoms. The number of nitrogens with two attached hydrogens (primary N) is 1. The summed E-state index contributed by atoms with van der Waals surface area (Å²) >= 11 is 12.0. The smallest absolute Gasteiger partial charge is 0.244 e. The molecule has 0 saturated carbocycles. The summed E-state index contributed by atoms with van der Waals surface area (Å²) in [6.07, 6.45) is 0.905. The molecule has 0 fully saturated rings. The molecule has 4 nitrogen and oxygen atoms in total. The van der Waals surface area contributed by atoms with Gasteiger partial charge >= 0.3 is 0 Å². The van der Waals surface area contributed by atoms with Crippen LogP contribution in [0.15, 0.2) is 17.0 Å². The Labute approximate surface area is 130 Å². The third kappa shape index (κ3) is 3.86. The first-order chi connectivity index (χ1) is 9.23. The van der Waals surface area contributed by atoms with E-state index >= 15 is 0 Å². The zero-order valence-corrected chi connectivity index (χ0v) is 14.2. The van der Waals surface area contributed by atoms with Gasteiger partial charge in [-0.1, -0.05) is 43.5 Å². The van der Waals surface area contributed by atoms with Crippen LogP contribution in [0.5, 0.6) is 0 Å². The second-order valence-electron chi connectivity index (χ2n) is 4.88. The first-order valence-corrected chi connectivity index (χ1v) is 8.57. The van der Waals surface area contributed by atoms with Crippen molar-refractivity contribution in [3.63, 3.8) is 0 Å². The van der Waals surface area contributed by atoms with Gasteiger partial charge in [-0.15, -0.1) is 0 Å². The molecule has 0 aliphatic carbocycles. The topological polar surface area (TPSA) is 63.4 Å². The predicted molar refractivity (Wildman–Crippen MR) is 83.6 cm³/mol. The van der Waals surface area contributed by atoms with Crippen molar-refractivity contribution < 1.29 is 8.42 Å². The third-order valence-corrected chi connectivity index (χ3v) is 5.91. The number of rotatable bonds is 6. The van der Waals surface area contributed by atoms with E-state index in [1.807, 2.05) is 13.8 Å². The van der Waals surface area contributed by atoms with E-state index in [-0.39, 0.29) is 22.4 Å². The fourth-order valence-electron chi connectivity index (χ4n) is 1.76. The van der Waals surface area contributed by atoms with Crippen molar-refractivity contribution in [2.45, 2.75) is 31.7 Å². The van der Waals surface area contributed by atoms with Crippen LogP contribution < -0.4 is 5.73 Å². The minimum Gasteiger partial charge on any atom is -0.326 e. The molecule has 1 aromatic rings. The maximum absolute atomic E-state index is 12.5. The highest BCUT2D eigenvalue weighted by molar-refractivity contribution is 7.89. The highest BCUT2D eigenvalue weighted by atomic mass is 35.5. The van der Waals surface area contributed by atoms with Gasteiger partial charge in [0, 0.05) is 25.2 Å². The molecule has 0 aromatic heterocycles. The van der Waals surface area contributed by atoms with Gasteiger partial charge in [0.1, 0.15) is 4.90 Å². The van der Waals surface area contributed by atoms with Crippen molar-refractivity contribution >= 4 is 33.2 Å². The minimum absolute atomic E-state index is 0.0508. The van der Waals surface area contributed by atoms with Gasteiger partial charge in [-0.3, -0.25) is 0 Å². The monoisotopic (exact) mass is 338 g/mol. The van der Waals surface area contributed by atoms with Gasteiger partial charge in [-0.2, -0.15) is 0 Å². The molecule has 0 heterocycles. The zero-order chi connectivity index (χ0) is 15.5. The lowest BCUT2D eigenvalue weighted by Gasteiger charge is -2.21. The van der Waals surface area contributed by atoms with Crippen LogP contribution in [-0.2, 0) is 16.6 Å². The lowest BCUT2D eigenvalue weighted by Crippen LogP contribution is -2.31. The van der Waals surface area contributed by atoms with Crippen LogP contribution in [0.3, 0.4) is 0 Å². The van der Waals surface area contributed by atoms with Crippen molar-refractivity contribution in [2.75, 3.05) is 13.6 Å². The van der Waals surface area contributed by atoms with Crippen molar-refractivity contribution in [3.8, 4) is 0 Å². The lowest BCUT2D eigenvalue weighted by atomic mass is 10.1. The second kappa shape index (κ2) is 7.09. The van der Waals surface area contributed by atoms with Crippen LogP contribution in [0.1, 0.15) is 25.8 Å². The van der Waals surface area contributed by atoms with Crippen LogP contribution in [0.2, 0.25) is 10.0 Å². The highest BCUT2D eigenvalue weighted by Crippen LogP contribution is 2.30. The van der Waals surface area contributed by atoms with E-state index in [1.165, 1.54) is 16.4 Å². The van der Waals surface area contributed by atoms with Crippen LogP contribution in [-0.4, -0.2) is 26.3 Å². The fourth-order valence-corrected chi connectivity index (χ4v) is 3.90. The number of sulfonamides is 1. The van der Waals surface area contributed by atoms with Gasteiger partial charge in [0.25, 0.3) is 0 Å². The van der Waals surface area contributed by atoms with Crippen molar-refractivity contribution in [1.82, 2.24) is 4.31 Å². The van der Waals surface area contributed by atoms with E-state index < -0.39 is 10.0 Å². The number of hydrogen-bond acceptors (Lipinski definition) is 3. The van der Waals surface area contributed by atoms with Crippen molar-refractivity contribution in [1.29, 1.82) is 0 Å². The molecule has 0 spiro atoms. The molecule has 1 atom stereocenters. The Morgan fingerprint density at radius 2 is 1.90 bits per heavy atom. The molecule has 1 aromatic carbocycles. The van der Waals surface area contributed by atoms with E-state index in [0.29, 0.717) is 17.1 Å². The quantitative estimate of drug-likeness (QED) is 0.866. The van der Waals surface area contributed by atoms with Gasteiger partial charge < -0.3 is 5.73 Å². The Bertz CT molecular complexity index is 576. The summed E-state index contributed by atoms with van der Waals surface area (Å²) in [6.45, 7) is 4.62. The Balaban J connectivity index is 3.21. The first-order valence-electron chi connectivity index (χ1n) is 6.38. The van der Waals surface area contributed by atoms with Crippen molar-refractivity contribution in [2.24, 2.45) is 11.7 Å². The van der Waals surface area contributed by atoms with E-state index in [9.17, 15) is 8.42 Å². The molecule has 0 saturated heterocycles. The van der Waals surface area contributed by atoms with Gasteiger partial charge in [0.15, 0.2) is 0 Å². The molecule has 0 bridgehead atoms. The van der Waals surface area contributed by atoms with Crippen LogP contribution in [0.25, 0.3) is 0 Å². The van der Waals surface area contributed by atoms with Gasteiger partial charge in [0.2, 0.25) is 10.0 Å². The third-order valence-electron chi connectivity index (χ3n) is 3.27. The molecule has 114 valence electrons. The molecular formula is C13H20Cl2N2O2S. The SMILES string of the molecule is CCC(C)CN(C)S(=O)(=O)c1cc(CN)c(Cl)cc1Cl. The van der Waals surface area contributed by atoms with E-state index in [2.05, 4.69) is 0 Å². The second-order valence-corrected chi connectivity index (χ2v) is 7.70. The predicted octanol–water partition coefficient (Wildman–Crippen LogP) is 3.12. The minimum atomic E-state index is -3.64. The summed E-state index contributed by atoms with van der Waals surface area (Å²) in [5.74, 6) is 0.273. The number of benzene rings is 1. The summed E-state index contributed by atoms with van der Waals surface area (Å²) in [4.78, 5) is 0.0508. The summed E-state index contributed by atoms with van der Waals surface area (Å²) in [6, 6.07) is 2.88. The average molecular weight is 339 g/mol. The Kier molecular flexibility index (Phi) is 6.28. The Morgan fingerprint density at radius 3 is 2.40 bits per heavy atom. The standard InChI is InChI=1S/C13H20Cl2N2O2S/c1-4-9(2)8-17(3)20(18,19)13-5-10(7-16)11(14)6-12(13)15/h5-6,9H,4,7-8,16H2,1-3H3. The number of halogens is 2. The van der Waals surface area contributed by atoms with Gasteiger partial charge in [-0.25, -0.2) is 12.7 Å². The summed E-state index contributed by atoms with van der Waals surface area (Å²) < 4.78 is 26.4. The largest absolute Gasteiger partial charge is 0.326 e. The molecule has 0 aliphatic heterocycles. The molecule has 0 aliphatic rings. The van der Waals surface area contributed by atoms with Crippen LogP contribution >= 0.6 is 23.2 Å². The normalized spacial score (nSPS) is 13.8. The molecule has 1 rings (SSSR count). The van der Waals surface area contributed by atoms with Gasteiger partial charge in [0.05, 0.1) is 5.02 Å². The van der Waals surface area contributed by atoms with Gasteiger partial charge in [-0.05, 0) is 23.6 Å². The number of hydrogen-bond donors (Lipinski definition) is 1. The Hall–Kier alpha value is -0.330. The molecule has 0 radical (unpaired) electrons. The maximum Gasteiger partial charge on any atom is 0.244 e. The summed E-state index contributed by atoms with van der Waals surface area (Å²) in [5, 5.41) is 0.490. The molecule has 20 heavy (non-hydrogen) atoms. The van der Waals surface area contributed by atoms with E-state index in [1.54, 1.807) is 7.05 Å². The molecule has 2 N–H and O–H groups in total. The first kappa shape index (κ1) is 17.7. The summed E-state index contributed by atoms with van der Waals surface area (Å²) in [7, 11) is -2.09. The molecule has 0 amide bonds. The van der Waals surface area contributed by atoms with Crippen molar-refractivity contribution in [3.05, 3.63) is 27.7 Å². The van der Waals surface area contributed by atoms with E-state index in [0.717, 1.165) is 6.42 Å². The number of nitrogens with zero attached hydrogens (tertiary/aromatic N) is 1. The highest BCUT2D eigenvalue weighted by Gasteiger charge is 2.25. The molecular weight excluding hydrogens is 319 g/mol. The Morgan fingerprint density at radius 1 is 1.30 bits per heavy atom. The van der Waals surface area contributed by atoms with E-state index in [4.69, 9.17) is 28.9 Å². The molecule has 1 unspecified atom stereocenters.